The number of carboxylic acids is 1. The number of carbonyl (C=O) groups excluding carboxylic acids is 1. The van der Waals surface area contributed by atoms with Gasteiger partial charge in [0, 0.05) is 5.92 Å². The predicted octanol–water partition coefficient (Wildman–Crippen LogP) is 1.94. The van der Waals surface area contributed by atoms with E-state index in [9.17, 15) is 50.4 Å². The van der Waals surface area contributed by atoms with Gasteiger partial charge in [0.05, 0.1) is 18.1 Å². The van der Waals surface area contributed by atoms with Crippen molar-refractivity contribution in [3.05, 3.63) is 23.8 Å². The monoisotopic (exact) mass is 778 g/mol. The molecule has 18 atom stereocenters. The Morgan fingerprint density at radius 1 is 0.818 bits per heavy atom. The summed E-state index contributed by atoms with van der Waals surface area (Å²) in [6.45, 7) is 15.2. The molecule has 14 heteroatoms. The van der Waals surface area contributed by atoms with Crippen molar-refractivity contribution in [2.75, 3.05) is 6.61 Å². The average Bonchev–Trinajstić information content (AvgIpc) is 3.13. The molecule has 0 radical (unpaired) electrons. The highest BCUT2D eigenvalue weighted by Crippen LogP contribution is 2.75. The fourth-order valence-electron chi connectivity index (χ4n) is 13.1. The number of hydrogen-bond donors (Lipinski definition) is 8. The van der Waals surface area contributed by atoms with E-state index in [4.69, 9.17) is 18.9 Å². The zero-order valence-electron chi connectivity index (χ0n) is 32.7. The summed E-state index contributed by atoms with van der Waals surface area (Å²) < 4.78 is 23.4. The molecule has 4 saturated carbocycles. The molecule has 3 unspecified atom stereocenters. The Bertz CT molecular complexity index is 1560. The van der Waals surface area contributed by atoms with Gasteiger partial charge in [-0.05, 0) is 97.7 Å². The van der Waals surface area contributed by atoms with Gasteiger partial charge in [-0.15, -0.1) is 0 Å². The number of carbonyl (C=O) groups is 2. The molecule has 0 aromatic heterocycles. The van der Waals surface area contributed by atoms with Crippen LogP contribution in [0.3, 0.4) is 0 Å². The summed E-state index contributed by atoms with van der Waals surface area (Å²) in [7, 11) is 0. The van der Waals surface area contributed by atoms with E-state index >= 15 is 0 Å². The van der Waals surface area contributed by atoms with E-state index in [0.717, 1.165) is 37.7 Å². The summed E-state index contributed by atoms with van der Waals surface area (Å²) in [4.78, 5) is 26.2. The van der Waals surface area contributed by atoms with E-state index in [2.05, 4.69) is 47.3 Å². The highest BCUT2D eigenvalue weighted by Gasteiger charge is 2.69. The molecule has 0 aromatic rings. The molecule has 0 spiro atoms. The topological polar surface area (TPSA) is 233 Å². The van der Waals surface area contributed by atoms with E-state index in [0.29, 0.717) is 32.1 Å². The van der Waals surface area contributed by atoms with Crippen molar-refractivity contribution < 1.29 is 69.4 Å². The molecule has 0 aromatic carbocycles. The van der Waals surface area contributed by atoms with Crippen molar-refractivity contribution in [3.63, 3.8) is 0 Å². The number of ether oxygens (including phenoxy) is 4. The first kappa shape index (κ1) is 41.2. The minimum atomic E-state index is -1.79. The van der Waals surface area contributed by atoms with Crippen LogP contribution in [0.2, 0.25) is 0 Å². The van der Waals surface area contributed by atoms with Crippen LogP contribution in [0.1, 0.15) is 98.8 Å². The van der Waals surface area contributed by atoms with Crippen LogP contribution in [-0.4, -0.2) is 127 Å². The highest BCUT2D eigenvalue weighted by molar-refractivity contribution is 5.79. The molecule has 14 nitrogen and oxygen atoms in total. The van der Waals surface area contributed by atoms with Crippen LogP contribution < -0.4 is 0 Å². The number of fused-ring (bicyclic) bond motifs is 7. The normalized spacial score (nSPS) is 52.1. The van der Waals surface area contributed by atoms with Crippen LogP contribution in [0.15, 0.2) is 23.8 Å². The van der Waals surface area contributed by atoms with Gasteiger partial charge in [0.1, 0.15) is 42.7 Å². The molecule has 6 fully saturated rings. The second-order valence-electron chi connectivity index (χ2n) is 19.3. The number of carboxylic acid groups (broad SMARTS) is 1. The first-order valence-electron chi connectivity index (χ1n) is 20.1. The maximum absolute atomic E-state index is 14.4. The van der Waals surface area contributed by atoms with E-state index in [1.54, 1.807) is 0 Å². The lowest BCUT2D eigenvalue weighted by atomic mass is 9.34. The van der Waals surface area contributed by atoms with Gasteiger partial charge < -0.3 is 59.8 Å². The van der Waals surface area contributed by atoms with Crippen molar-refractivity contribution in [2.45, 2.75) is 166 Å². The van der Waals surface area contributed by atoms with Crippen molar-refractivity contribution in [3.8, 4) is 0 Å². The van der Waals surface area contributed by atoms with Gasteiger partial charge in [-0.25, -0.2) is 4.79 Å². The van der Waals surface area contributed by atoms with E-state index in [-0.39, 0.29) is 34.0 Å². The second kappa shape index (κ2) is 14.1. The Hall–Kier alpha value is -1.98. The third-order valence-electron chi connectivity index (χ3n) is 16.6. The Morgan fingerprint density at radius 2 is 1.49 bits per heavy atom. The minimum Gasteiger partial charge on any atom is -0.479 e. The molecule has 2 saturated heterocycles. The number of aliphatic hydroxyl groups excluding tert-OH is 7. The fourth-order valence-corrected chi connectivity index (χ4v) is 13.1. The van der Waals surface area contributed by atoms with E-state index in [1.807, 2.05) is 0 Å². The Morgan fingerprint density at radius 3 is 2.16 bits per heavy atom. The summed E-state index contributed by atoms with van der Waals surface area (Å²) in [6.07, 6.45) is -6.78. The maximum Gasteiger partial charge on any atom is 0.335 e. The average molecular weight is 779 g/mol. The predicted molar refractivity (Wildman–Crippen MR) is 193 cm³/mol. The summed E-state index contributed by atoms with van der Waals surface area (Å²) in [5, 5.41) is 82.2. The van der Waals surface area contributed by atoms with Crippen LogP contribution in [0.4, 0.5) is 0 Å². The van der Waals surface area contributed by atoms with Crippen molar-refractivity contribution in [1.29, 1.82) is 0 Å². The molecule has 8 N–H and O–H groups in total. The Labute approximate surface area is 322 Å². The highest BCUT2D eigenvalue weighted by atomic mass is 16.7. The first-order chi connectivity index (χ1) is 25.7. The standard InChI is InChI=1S/C41H62O14/c1-19-9-14-41(36(51)55-34-30(47)27(44)26(43)22(18-42)52-34)16-15-39(5)20(21(41)17-19)7-8-24-38(4)12-11-25(37(2,3)23(38)10-13-40(24,39)6)53-35-31(48)28(45)29(46)32(54-35)33(49)50/h7,21-32,34-35,42-48H,1,8-18H2,2-6H3,(H,49,50)/t21?,22-,23?,24?,25+,26-,27+,28+,29+,30-,31-,32+,34+,35-,38+,39-,40-,41+/m1/s1. The molecule has 7 rings (SSSR count). The molecule has 0 bridgehead atoms. The summed E-state index contributed by atoms with van der Waals surface area (Å²) in [5.41, 5.74) is 0.508. The smallest absolute Gasteiger partial charge is 0.335 e. The summed E-state index contributed by atoms with van der Waals surface area (Å²) >= 11 is 0. The number of rotatable bonds is 6. The van der Waals surface area contributed by atoms with Gasteiger partial charge in [0.2, 0.25) is 6.29 Å². The SMILES string of the molecule is C=C1CC[C@]2(C(=O)O[C@@H]3O[C@H](CO)[C@@H](O)[C@H](O)[C@H]3O)CC[C@]3(C)C(=CCC4[C@@]5(C)CC[C@H](O[C@@H]6O[C@H](C(=O)O)[C@@H](O)[C@H](O)[C@H]6O)C(C)(C)C5CC[C@]43C)C2C1. The van der Waals surface area contributed by atoms with Crippen molar-refractivity contribution in [2.24, 2.45) is 44.8 Å². The van der Waals surface area contributed by atoms with Gasteiger partial charge >= 0.3 is 11.9 Å². The molecular formula is C41H62O14. The molecule has 310 valence electrons. The largest absolute Gasteiger partial charge is 0.479 e. The lowest BCUT2D eigenvalue weighted by Crippen LogP contribution is -2.66. The third kappa shape index (κ3) is 6.02. The van der Waals surface area contributed by atoms with Crippen LogP contribution in [0.25, 0.3) is 0 Å². The first-order valence-corrected chi connectivity index (χ1v) is 20.1. The quantitative estimate of drug-likeness (QED) is 0.109. The van der Waals surface area contributed by atoms with Crippen molar-refractivity contribution >= 4 is 11.9 Å². The molecular weight excluding hydrogens is 716 g/mol. The fraction of sp³-hybridized carbons (Fsp3) is 0.854. The lowest BCUT2D eigenvalue weighted by molar-refractivity contribution is -0.324. The van der Waals surface area contributed by atoms with Gasteiger partial charge in [0.15, 0.2) is 12.4 Å². The van der Waals surface area contributed by atoms with Gasteiger partial charge in [-0.2, -0.15) is 0 Å². The lowest BCUT2D eigenvalue weighted by Gasteiger charge is -2.71. The zero-order chi connectivity index (χ0) is 40.2. The molecule has 0 amide bonds. The van der Waals surface area contributed by atoms with E-state index in [1.165, 1.54) is 5.57 Å². The number of hydrogen-bond acceptors (Lipinski definition) is 13. The van der Waals surface area contributed by atoms with Crippen LogP contribution in [0.5, 0.6) is 0 Å². The van der Waals surface area contributed by atoms with E-state index < -0.39 is 96.9 Å². The zero-order valence-corrected chi connectivity index (χ0v) is 32.7. The second-order valence-corrected chi connectivity index (χ2v) is 19.3. The number of aliphatic carboxylic acids is 1. The van der Waals surface area contributed by atoms with Crippen LogP contribution in [-0.2, 0) is 28.5 Å². The van der Waals surface area contributed by atoms with Crippen molar-refractivity contribution in [1.82, 2.24) is 0 Å². The molecule has 55 heavy (non-hydrogen) atoms. The minimum absolute atomic E-state index is 0.112. The Balaban J connectivity index is 1.14. The molecule has 2 aliphatic heterocycles. The molecule has 7 aliphatic rings. The van der Waals surface area contributed by atoms with Gasteiger partial charge in [0.25, 0.3) is 0 Å². The van der Waals surface area contributed by atoms with Crippen LogP contribution >= 0.6 is 0 Å². The summed E-state index contributed by atoms with van der Waals surface area (Å²) in [5.74, 6) is -1.65. The number of esters is 1. The third-order valence-corrected chi connectivity index (χ3v) is 16.6. The Kier molecular flexibility index (Phi) is 10.6. The maximum atomic E-state index is 14.4. The molecule has 5 aliphatic carbocycles. The summed E-state index contributed by atoms with van der Waals surface area (Å²) in [6, 6.07) is 0. The number of aliphatic hydroxyl groups is 7. The van der Waals surface area contributed by atoms with Gasteiger partial charge in [-0.3, -0.25) is 4.79 Å². The molecule has 2 heterocycles. The van der Waals surface area contributed by atoms with Crippen LogP contribution in [0, 0.1) is 44.8 Å². The van der Waals surface area contributed by atoms with Gasteiger partial charge in [-0.1, -0.05) is 58.4 Å². The number of allylic oxidation sites excluding steroid dienone is 3.